The number of aromatic nitrogens is 4. The maximum atomic E-state index is 8.94. The van der Waals surface area contributed by atoms with Gasteiger partial charge in [-0.2, -0.15) is 10.4 Å². The SMILES string of the molecule is CC(C)Cn1ncnc1Cn1cccc1C#N. The molecule has 0 aromatic carbocycles. The van der Waals surface area contributed by atoms with E-state index in [1.807, 2.05) is 21.5 Å². The molecule has 2 rings (SSSR count). The molecule has 0 bridgehead atoms. The maximum absolute atomic E-state index is 8.94. The van der Waals surface area contributed by atoms with Crippen molar-refractivity contribution in [2.75, 3.05) is 0 Å². The Balaban J connectivity index is 2.19. The Hall–Kier alpha value is -2.09. The van der Waals surface area contributed by atoms with Gasteiger partial charge in [-0.25, -0.2) is 9.67 Å². The molecule has 0 aliphatic carbocycles. The van der Waals surface area contributed by atoms with Crippen LogP contribution in [0.25, 0.3) is 0 Å². The lowest BCUT2D eigenvalue weighted by atomic mass is 10.2. The van der Waals surface area contributed by atoms with Crippen LogP contribution >= 0.6 is 0 Å². The van der Waals surface area contributed by atoms with Crippen LogP contribution in [0.15, 0.2) is 24.7 Å². The van der Waals surface area contributed by atoms with E-state index in [-0.39, 0.29) is 0 Å². The second-order valence-electron chi connectivity index (χ2n) is 4.39. The largest absolute Gasteiger partial charge is 0.332 e. The van der Waals surface area contributed by atoms with E-state index in [4.69, 9.17) is 5.26 Å². The lowest BCUT2D eigenvalue weighted by Crippen LogP contribution is -2.13. The molecule has 0 saturated carbocycles. The Morgan fingerprint density at radius 2 is 2.29 bits per heavy atom. The van der Waals surface area contributed by atoms with Crippen LogP contribution in [-0.4, -0.2) is 19.3 Å². The lowest BCUT2D eigenvalue weighted by molar-refractivity contribution is 0.460. The monoisotopic (exact) mass is 229 g/mol. The number of nitrogens with zero attached hydrogens (tertiary/aromatic N) is 5. The van der Waals surface area contributed by atoms with Gasteiger partial charge in [0.15, 0.2) is 0 Å². The molecule has 0 fully saturated rings. The van der Waals surface area contributed by atoms with Crippen molar-refractivity contribution in [1.29, 1.82) is 5.26 Å². The normalized spacial score (nSPS) is 10.7. The summed E-state index contributed by atoms with van der Waals surface area (Å²) in [5.74, 6) is 1.40. The van der Waals surface area contributed by atoms with Crippen LogP contribution in [0.3, 0.4) is 0 Å². The van der Waals surface area contributed by atoms with Crippen molar-refractivity contribution < 1.29 is 0 Å². The van der Waals surface area contributed by atoms with Crippen LogP contribution in [0.4, 0.5) is 0 Å². The van der Waals surface area contributed by atoms with E-state index in [1.165, 1.54) is 0 Å². The smallest absolute Gasteiger partial charge is 0.146 e. The molecule has 0 spiro atoms. The molecule has 0 unspecified atom stereocenters. The summed E-state index contributed by atoms with van der Waals surface area (Å²) in [4.78, 5) is 4.24. The van der Waals surface area contributed by atoms with Crippen LogP contribution in [0, 0.1) is 17.2 Å². The molecule has 0 aliphatic heterocycles. The van der Waals surface area contributed by atoms with Crippen molar-refractivity contribution in [3.05, 3.63) is 36.2 Å². The molecule has 2 aromatic heterocycles. The molecule has 2 heterocycles. The lowest BCUT2D eigenvalue weighted by Gasteiger charge is -2.09. The first-order valence-electron chi connectivity index (χ1n) is 5.62. The summed E-state index contributed by atoms with van der Waals surface area (Å²) >= 11 is 0. The predicted octanol–water partition coefficient (Wildman–Crippen LogP) is 1.66. The Kier molecular flexibility index (Phi) is 3.24. The molecular formula is C12H15N5. The molecule has 0 amide bonds. The third-order valence-electron chi connectivity index (χ3n) is 2.49. The first-order chi connectivity index (χ1) is 8.20. The zero-order valence-electron chi connectivity index (χ0n) is 10.0. The van der Waals surface area contributed by atoms with E-state index in [0.29, 0.717) is 18.2 Å². The van der Waals surface area contributed by atoms with Crippen molar-refractivity contribution in [2.24, 2.45) is 5.92 Å². The summed E-state index contributed by atoms with van der Waals surface area (Å²) < 4.78 is 3.77. The van der Waals surface area contributed by atoms with Gasteiger partial charge in [0.1, 0.15) is 23.9 Å². The highest BCUT2D eigenvalue weighted by molar-refractivity contribution is 5.22. The highest BCUT2D eigenvalue weighted by atomic mass is 15.3. The fourth-order valence-corrected chi connectivity index (χ4v) is 1.71. The first kappa shape index (κ1) is 11.4. The topological polar surface area (TPSA) is 59.4 Å². The van der Waals surface area contributed by atoms with Crippen molar-refractivity contribution >= 4 is 0 Å². The summed E-state index contributed by atoms with van der Waals surface area (Å²) in [5.41, 5.74) is 0.643. The molecule has 0 N–H and O–H groups in total. The van der Waals surface area contributed by atoms with Gasteiger partial charge < -0.3 is 4.57 Å². The summed E-state index contributed by atoms with van der Waals surface area (Å²) in [7, 11) is 0. The van der Waals surface area contributed by atoms with E-state index in [0.717, 1.165) is 12.4 Å². The molecule has 0 aliphatic rings. The van der Waals surface area contributed by atoms with Gasteiger partial charge in [0.25, 0.3) is 0 Å². The van der Waals surface area contributed by atoms with Crippen LogP contribution in [0.5, 0.6) is 0 Å². The van der Waals surface area contributed by atoms with E-state index in [9.17, 15) is 0 Å². The second kappa shape index (κ2) is 4.83. The summed E-state index contributed by atoms with van der Waals surface area (Å²) in [6.07, 6.45) is 3.44. The molecule has 2 aromatic rings. The first-order valence-corrected chi connectivity index (χ1v) is 5.62. The van der Waals surface area contributed by atoms with Gasteiger partial charge in [0.2, 0.25) is 0 Å². The van der Waals surface area contributed by atoms with Gasteiger partial charge in [-0.3, -0.25) is 0 Å². The minimum atomic E-state index is 0.524. The standard InChI is InChI=1S/C12H15N5/c1-10(2)7-17-12(14-9-15-17)8-16-5-3-4-11(16)6-13/h3-5,9-10H,7-8H2,1-2H3. The average Bonchev–Trinajstić information content (AvgIpc) is 2.88. The summed E-state index contributed by atoms with van der Waals surface area (Å²) in [6, 6.07) is 5.81. The number of rotatable bonds is 4. The molecule has 88 valence electrons. The maximum Gasteiger partial charge on any atom is 0.146 e. The van der Waals surface area contributed by atoms with Crippen molar-refractivity contribution in [2.45, 2.75) is 26.9 Å². The molecule has 0 radical (unpaired) electrons. The quantitative estimate of drug-likeness (QED) is 0.801. The van der Waals surface area contributed by atoms with Gasteiger partial charge in [-0.1, -0.05) is 13.8 Å². The fourth-order valence-electron chi connectivity index (χ4n) is 1.71. The van der Waals surface area contributed by atoms with Crippen LogP contribution in [-0.2, 0) is 13.1 Å². The van der Waals surface area contributed by atoms with E-state index < -0.39 is 0 Å². The second-order valence-corrected chi connectivity index (χ2v) is 4.39. The third kappa shape index (κ3) is 2.53. The third-order valence-corrected chi connectivity index (χ3v) is 2.49. The Morgan fingerprint density at radius 1 is 1.47 bits per heavy atom. The van der Waals surface area contributed by atoms with Crippen molar-refractivity contribution in [3.63, 3.8) is 0 Å². The molecular weight excluding hydrogens is 214 g/mol. The zero-order chi connectivity index (χ0) is 12.3. The fraction of sp³-hybridized carbons (Fsp3) is 0.417. The average molecular weight is 229 g/mol. The highest BCUT2D eigenvalue weighted by Gasteiger charge is 2.08. The van der Waals surface area contributed by atoms with E-state index >= 15 is 0 Å². The number of hydrogen-bond donors (Lipinski definition) is 0. The zero-order valence-corrected chi connectivity index (χ0v) is 10.0. The summed E-state index contributed by atoms with van der Waals surface area (Å²) in [5, 5.41) is 13.1. The molecule has 5 heteroatoms. The number of hydrogen-bond acceptors (Lipinski definition) is 3. The Morgan fingerprint density at radius 3 is 3.00 bits per heavy atom. The van der Waals surface area contributed by atoms with Crippen LogP contribution in [0.1, 0.15) is 25.4 Å². The van der Waals surface area contributed by atoms with Crippen molar-refractivity contribution in [3.8, 4) is 6.07 Å². The van der Waals surface area contributed by atoms with E-state index in [2.05, 4.69) is 30.0 Å². The van der Waals surface area contributed by atoms with Gasteiger partial charge in [0.05, 0.1) is 6.54 Å². The number of nitriles is 1. The molecule has 0 saturated heterocycles. The minimum Gasteiger partial charge on any atom is -0.332 e. The van der Waals surface area contributed by atoms with Crippen LogP contribution in [0.2, 0.25) is 0 Å². The Labute approximate surface area is 100 Å². The van der Waals surface area contributed by atoms with Gasteiger partial charge in [0, 0.05) is 12.7 Å². The van der Waals surface area contributed by atoms with Gasteiger partial charge >= 0.3 is 0 Å². The minimum absolute atomic E-state index is 0.524. The van der Waals surface area contributed by atoms with Gasteiger partial charge in [-0.15, -0.1) is 0 Å². The summed E-state index contributed by atoms with van der Waals surface area (Å²) in [6.45, 7) is 5.71. The van der Waals surface area contributed by atoms with Crippen molar-refractivity contribution in [1.82, 2.24) is 19.3 Å². The van der Waals surface area contributed by atoms with E-state index in [1.54, 1.807) is 12.4 Å². The molecule has 0 atom stereocenters. The predicted molar refractivity (Wildman–Crippen MR) is 63.1 cm³/mol. The van der Waals surface area contributed by atoms with Crippen LogP contribution < -0.4 is 0 Å². The molecule has 17 heavy (non-hydrogen) atoms. The highest BCUT2D eigenvalue weighted by Crippen LogP contribution is 2.06. The Bertz CT molecular complexity index is 529. The van der Waals surface area contributed by atoms with Gasteiger partial charge in [-0.05, 0) is 18.1 Å². The molecule has 5 nitrogen and oxygen atoms in total.